The van der Waals surface area contributed by atoms with Crippen LogP contribution in [0.2, 0.25) is 0 Å². The SMILES string of the molecule is COCCCN(C)c1nc(-c2ccccc2)c(CN)s1. The van der Waals surface area contributed by atoms with Gasteiger partial charge in [-0.05, 0) is 6.42 Å². The van der Waals surface area contributed by atoms with Crippen LogP contribution >= 0.6 is 11.3 Å². The summed E-state index contributed by atoms with van der Waals surface area (Å²) in [6, 6.07) is 10.2. The Hall–Kier alpha value is -1.43. The minimum Gasteiger partial charge on any atom is -0.385 e. The minimum atomic E-state index is 0.522. The number of hydrogen-bond acceptors (Lipinski definition) is 5. The van der Waals surface area contributed by atoms with Crippen molar-refractivity contribution in [1.29, 1.82) is 0 Å². The molecule has 0 saturated carbocycles. The molecule has 2 rings (SSSR count). The summed E-state index contributed by atoms with van der Waals surface area (Å²) in [7, 11) is 3.78. The molecule has 1 aromatic heterocycles. The lowest BCUT2D eigenvalue weighted by molar-refractivity contribution is 0.196. The van der Waals surface area contributed by atoms with Crippen LogP contribution in [0.4, 0.5) is 5.13 Å². The first-order valence-electron chi connectivity index (χ1n) is 6.71. The highest BCUT2D eigenvalue weighted by atomic mass is 32.1. The molecule has 4 nitrogen and oxygen atoms in total. The minimum absolute atomic E-state index is 0.522. The number of methoxy groups -OCH3 is 1. The summed E-state index contributed by atoms with van der Waals surface area (Å²) in [5.74, 6) is 0. The van der Waals surface area contributed by atoms with E-state index in [1.165, 1.54) is 0 Å². The standard InChI is InChI=1S/C15H21N3OS/c1-18(9-6-10-19-2)15-17-14(13(11-16)20-15)12-7-4-3-5-8-12/h3-5,7-8H,6,9-11,16H2,1-2H3. The van der Waals surface area contributed by atoms with Crippen LogP contribution in [-0.4, -0.2) is 32.3 Å². The molecule has 2 N–H and O–H groups in total. The monoisotopic (exact) mass is 291 g/mol. The Morgan fingerprint density at radius 1 is 1.30 bits per heavy atom. The highest BCUT2D eigenvalue weighted by Gasteiger charge is 2.14. The van der Waals surface area contributed by atoms with Crippen molar-refractivity contribution in [1.82, 2.24) is 4.98 Å². The van der Waals surface area contributed by atoms with E-state index in [2.05, 4.69) is 24.1 Å². The van der Waals surface area contributed by atoms with E-state index in [1.54, 1.807) is 18.4 Å². The van der Waals surface area contributed by atoms with Crippen LogP contribution in [-0.2, 0) is 11.3 Å². The van der Waals surface area contributed by atoms with Gasteiger partial charge in [0.25, 0.3) is 0 Å². The first-order chi connectivity index (χ1) is 9.76. The maximum Gasteiger partial charge on any atom is 0.185 e. The molecule has 0 spiro atoms. The van der Waals surface area contributed by atoms with Crippen molar-refractivity contribution in [2.24, 2.45) is 5.73 Å². The molecule has 108 valence electrons. The fraction of sp³-hybridized carbons (Fsp3) is 0.400. The molecule has 0 atom stereocenters. The van der Waals surface area contributed by atoms with Gasteiger partial charge in [-0.1, -0.05) is 41.7 Å². The van der Waals surface area contributed by atoms with E-state index in [0.29, 0.717) is 6.54 Å². The normalized spacial score (nSPS) is 10.8. The van der Waals surface area contributed by atoms with Gasteiger partial charge < -0.3 is 15.4 Å². The third-order valence-electron chi connectivity index (χ3n) is 3.09. The lowest BCUT2D eigenvalue weighted by atomic mass is 10.1. The third kappa shape index (κ3) is 3.56. The van der Waals surface area contributed by atoms with Gasteiger partial charge in [-0.3, -0.25) is 0 Å². The van der Waals surface area contributed by atoms with Crippen molar-refractivity contribution < 1.29 is 4.74 Å². The average molecular weight is 291 g/mol. The Bertz CT molecular complexity index is 527. The van der Waals surface area contributed by atoms with Gasteiger partial charge in [-0.25, -0.2) is 4.98 Å². The second kappa shape index (κ2) is 7.38. The molecular formula is C15H21N3OS. The second-order valence-corrected chi connectivity index (χ2v) is 5.67. The number of rotatable bonds is 7. The lowest BCUT2D eigenvalue weighted by Gasteiger charge is -2.14. The number of hydrogen-bond donors (Lipinski definition) is 1. The van der Waals surface area contributed by atoms with Crippen molar-refractivity contribution in [2.45, 2.75) is 13.0 Å². The predicted octanol–water partition coefficient (Wildman–Crippen LogP) is 2.74. The van der Waals surface area contributed by atoms with Crippen LogP contribution in [0, 0.1) is 0 Å². The third-order valence-corrected chi connectivity index (χ3v) is 4.28. The summed E-state index contributed by atoms with van der Waals surface area (Å²) in [6.45, 7) is 2.22. The van der Waals surface area contributed by atoms with Crippen molar-refractivity contribution >= 4 is 16.5 Å². The zero-order valence-corrected chi connectivity index (χ0v) is 12.8. The summed E-state index contributed by atoms with van der Waals surface area (Å²) in [6.07, 6.45) is 0.991. The van der Waals surface area contributed by atoms with Crippen LogP contribution in [0.1, 0.15) is 11.3 Å². The number of nitrogens with two attached hydrogens (primary N) is 1. The number of thiazole rings is 1. The largest absolute Gasteiger partial charge is 0.385 e. The first kappa shape index (κ1) is 15.0. The molecule has 20 heavy (non-hydrogen) atoms. The highest BCUT2D eigenvalue weighted by molar-refractivity contribution is 7.16. The van der Waals surface area contributed by atoms with E-state index in [9.17, 15) is 0 Å². The number of ether oxygens (including phenoxy) is 1. The van der Waals surface area contributed by atoms with Gasteiger partial charge in [0.2, 0.25) is 0 Å². The van der Waals surface area contributed by atoms with Gasteiger partial charge in [0.1, 0.15) is 0 Å². The molecule has 2 aromatic rings. The average Bonchev–Trinajstić information content (AvgIpc) is 2.92. The van der Waals surface area contributed by atoms with E-state index in [1.807, 2.05) is 18.2 Å². The molecule has 0 radical (unpaired) electrons. The van der Waals surface area contributed by atoms with E-state index in [-0.39, 0.29) is 0 Å². The predicted molar refractivity (Wildman–Crippen MR) is 85.2 cm³/mol. The van der Waals surface area contributed by atoms with Gasteiger partial charge in [-0.2, -0.15) is 0 Å². The molecule has 0 aliphatic rings. The lowest BCUT2D eigenvalue weighted by Crippen LogP contribution is -2.19. The topological polar surface area (TPSA) is 51.4 Å². The van der Waals surface area contributed by atoms with E-state index < -0.39 is 0 Å². The molecule has 1 heterocycles. The fourth-order valence-corrected chi connectivity index (χ4v) is 2.95. The fourth-order valence-electron chi connectivity index (χ4n) is 2.00. The van der Waals surface area contributed by atoms with Gasteiger partial charge in [0.05, 0.1) is 5.69 Å². The maximum atomic E-state index is 5.86. The van der Waals surface area contributed by atoms with Gasteiger partial charge >= 0.3 is 0 Å². The second-order valence-electron chi connectivity index (χ2n) is 4.61. The summed E-state index contributed by atoms with van der Waals surface area (Å²) in [5, 5.41) is 1.01. The molecule has 1 aromatic carbocycles. The van der Waals surface area contributed by atoms with Crippen LogP contribution in [0.5, 0.6) is 0 Å². The smallest absolute Gasteiger partial charge is 0.185 e. The summed E-state index contributed by atoms with van der Waals surface area (Å²) in [5.41, 5.74) is 7.99. The first-order valence-corrected chi connectivity index (χ1v) is 7.53. The van der Waals surface area contributed by atoms with Crippen LogP contribution < -0.4 is 10.6 Å². The molecule has 0 aliphatic heterocycles. The summed E-state index contributed by atoms with van der Waals surface area (Å²) >= 11 is 1.67. The number of anilines is 1. The molecule has 0 unspecified atom stereocenters. The Labute approximate surface area is 124 Å². The quantitative estimate of drug-likeness (QED) is 0.797. The number of nitrogens with zero attached hydrogens (tertiary/aromatic N) is 2. The van der Waals surface area contributed by atoms with Crippen molar-refractivity contribution in [3.05, 3.63) is 35.2 Å². The molecule has 5 heteroatoms. The van der Waals surface area contributed by atoms with Crippen LogP contribution in [0.25, 0.3) is 11.3 Å². The Morgan fingerprint density at radius 2 is 2.05 bits per heavy atom. The van der Waals surface area contributed by atoms with E-state index >= 15 is 0 Å². The zero-order valence-electron chi connectivity index (χ0n) is 12.0. The summed E-state index contributed by atoms with van der Waals surface area (Å²) < 4.78 is 5.08. The Morgan fingerprint density at radius 3 is 2.70 bits per heavy atom. The van der Waals surface area contributed by atoms with Gasteiger partial charge in [-0.15, -0.1) is 0 Å². The van der Waals surface area contributed by atoms with Crippen LogP contribution in [0.15, 0.2) is 30.3 Å². The van der Waals surface area contributed by atoms with Crippen LogP contribution in [0.3, 0.4) is 0 Å². The van der Waals surface area contributed by atoms with E-state index in [4.69, 9.17) is 15.5 Å². The molecule has 0 fully saturated rings. The molecular weight excluding hydrogens is 270 g/mol. The molecule has 0 aliphatic carbocycles. The van der Waals surface area contributed by atoms with Crippen molar-refractivity contribution in [3.8, 4) is 11.3 Å². The maximum absolute atomic E-state index is 5.86. The van der Waals surface area contributed by atoms with Gasteiger partial charge in [0, 0.05) is 44.3 Å². The van der Waals surface area contributed by atoms with Crippen molar-refractivity contribution in [2.75, 3.05) is 32.2 Å². The molecule has 0 amide bonds. The zero-order chi connectivity index (χ0) is 14.4. The number of benzene rings is 1. The Balaban J connectivity index is 2.18. The molecule has 0 saturated heterocycles. The summed E-state index contributed by atoms with van der Waals surface area (Å²) in [4.78, 5) is 8.04. The highest BCUT2D eigenvalue weighted by Crippen LogP contribution is 2.32. The van der Waals surface area contributed by atoms with Crippen molar-refractivity contribution in [3.63, 3.8) is 0 Å². The van der Waals surface area contributed by atoms with E-state index in [0.717, 1.165) is 40.8 Å². The van der Waals surface area contributed by atoms with Gasteiger partial charge in [0.15, 0.2) is 5.13 Å². The Kier molecular flexibility index (Phi) is 5.52. The molecule has 0 bridgehead atoms. The number of aromatic nitrogens is 1.